The molecule has 1 amide bonds. The van der Waals surface area contributed by atoms with E-state index in [4.69, 9.17) is 4.74 Å². The van der Waals surface area contributed by atoms with E-state index in [0.717, 1.165) is 5.69 Å². The standard InChI is InChI=1S/C20H18FN3O3/c1-3-27-20(26)14-4-8-16(9-5-14)22-19(25)18-12-13(2)24(23-18)17-10-6-15(21)7-11-17/h4-12H,3H2,1-2H3,(H,22,25). The molecule has 27 heavy (non-hydrogen) atoms. The molecule has 0 unspecified atom stereocenters. The minimum atomic E-state index is -0.413. The molecular weight excluding hydrogens is 349 g/mol. The molecule has 0 spiro atoms. The molecule has 1 aromatic heterocycles. The molecule has 3 rings (SSSR count). The maximum absolute atomic E-state index is 13.1. The highest BCUT2D eigenvalue weighted by atomic mass is 19.1. The number of aryl methyl sites for hydroxylation is 1. The summed E-state index contributed by atoms with van der Waals surface area (Å²) in [4.78, 5) is 24.1. The van der Waals surface area contributed by atoms with Crippen molar-refractivity contribution >= 4 is 17.6 Å². The van der Waals surface area contributed by atoms with Crippen molar-refractivity contribution in [1.82, 2.24) is 9.78 Å². The summed E-state index contributed by atoms with van der Waals surface area (Å²) in [5, 5.41) is 7.01. The fraction of sp³-hybridized carbons (Fsp3) is 0.150. The molecule has 6 nitrogen and oxygen atoms in total. The fourth-order valence-electron chi connectivity index (χ4n) is 2.53. The van der Waals surface area contributed by atoms with Crippen LogP contribution in [0.3, 0.4) is 0 Å². The number of carbonyl (C=O) groups excluding carboxylic acids is 2. The largest absolute Gasteiger partial charge is 0.462 e. The second-order valence-electron chi connectivity index (χ2n) is 5.81. The van der Waals surface area contributed by atoms with Gasteiger partial charge >= 0.3 is 5.97 Å². The summed E-state index contributed by atoms with van der Waals surface area (Å²) in [6, 6.07) is 13.9. The summed E-state index contributed by atoms with van der Waals surface area (Å²) in [7, 11) is 0. The Labute approximate surface area is 155 Å². The molecule has 0 saturated carbocycles. The molecule has 1 heterocycles. The van der Waals surface area contributed by atoms with Crippen LogP contribution in [0.4, 0.5) is 10.1 Å². The zero-order valence-electron chi connectivity index (χ0n) is 14.9. The van der Waals surface area contributed by atoms with Crippen LogP contribution in [-0.2, 0) is 4.74 Å². The first kappa shape index (κ1) is 18.3. The Balaban J connectivity index is 1.74. The summed E-state index contributed by atoms with van der Waals surface area (Å²) in [6.07, 6.45) is 0. The number of rotatable bonds is 5. The number of esters is 1. The van der Waals surface area contributed by atoms with E-state index in [2.05, 4.69) is 10.4 Å². The Kier molecular flexibility index (Phi) is 5.30. The number of carbonyl (C=O) groups is 2. The van der Waals surface area contributed by atoms with E-state index in [1.165, 1.54) is 12.1 Å². The van der Waals surface area contributed by atoms with Crippen molar-refractivity contribution in [1.29, 1.82) is 0 Å². The van der Waals surface area contributed by atoms with Crippen molar-refractivity contribution < 1.29 is 18.7 Å². The van der Waals surface area contributed by atoms with Crippen molar-refractivity contribution in [2.75, 3.05) is 11.9 Å². The minimum Gasteiger partial charge on any atom is -0.462 e. The van der Waals surface area contributed by atoms with Crippen LogP contribution in [0.15, 0.2) is 54.6 Å². The first-order valence-corrected chi connectivity index (χ1v) is 8.39. The molecule has 1 N–H and O–H groups in total. The van der Waals surface area contributed by atoms with Crippen molar-refractivity contribution in [3.63, 3.8) is 0 Å². The van der Waals surface area contributed by atoms with Crippen LogP contribution >= 0.6 is 0 Å². The minimum absolute atomic E-state index is 0.228. The lowest BCUT2D eigenvalue weighted by atomic mass is 10.2. The molecule has 0 aliphatic carbocycles. The molecule has 2 aromatic carbocycles. The molecule has 138 valence electrons. The SMILES string of the molecule is CCOC(=O)c1ccc(NC(=O)c2cc(C)n(-c3ccc(F)cc3)n2)cc1. The zero-order valence-corrected chi connectivity index (χ0v) is 14.9. The van der Waals surface area contributed by atoms with Crippen LogP contribution in [-0.4, -0.2) is 28.3 Å². The van der Waals surface area contributed by atoms with Gasteiger partial charge < -0.3 is 10.1 Å². The van der Waals surface area contributed by atoms with Crippen LogP contribution in [0.5, 0.6) is 0 Å². The summed E-state index contributed by atoms with van der Waals surface area (Å²) in [6.45, 7) is 3.84. The summed E-state index contributed by atoms with van der Waals surface area (Å²) in [5.41, 5.74) is 2.57. The van der Waals surface area contributed by atoms with Gasteiger partial charge in [-0.2, -0.15) is 5.10 Å². The molecule has 0 saturated heterocycles. The second kappa shape index (κ2) is 7.82. The number of nitrogens with one attached hydrogen (secondary N) is 1. The molecule has 0 atom stereocenters. The van der Waals surface area contributed by atoms with E-state index in [-0.39, 0.29) is 17.4 Å². The van der Waals surface area contributed by atoms with Crippen molar-refractivity contribution in [2.24, 2.45) is 0 Å². The van der Waals surface area contributed by atoms with Crippen molar-refractivity contribution in [3.8, 4) is 5.69 Å². The van der Waals surface area contributed by atoms with Gasteiger partial charge in [-0.05, 0) is 68.4 Å². The van der Waals surface area contributed by atoms with Gasteiger partial charge in [0.05, 0.1) is 17.9 Å². The monoisotopic (exact) mass is 367 g/mol. The van der Waals surface area contributed by atoms with Gasteiger partial charge in [-0.25, -0.2) is 13.9 Å². The van der Waals surface area contributed by atoms with Crippen LogP contribution in [0.1, 0.15) is 33.5 Å². The lowest BCUT2D eigenvalue weighted by molar-refractivity contribution is 0.0526. The summed E-state index contributed by atoms with van der Waals surface area (Å²) < 4.78 is 19.6. The molecular formula is C20H18FN3O3. The van der Waals surface area contributed by atoms with Gasteiger partial charge in [0, 0.05) is 11.4 Å². The van der Waals surface area contributed by atoms with E-state index in [0.29, 0.717) is 23.5 Å². The summed E-state index contributed by atoms with van der Waals surface area (Å²) >= 11 is 0. The molecule has 0 aliphatic heterocycles. The van der Waals surface area contributed by atoms with Crippen LogP contribution < -0.4 is 5.32 Å². The summed E-state index contributed by atoms with van der Waals surface area (Å²) in [5.74, 6) is -1.14. The first-order valence-electron chi connectivity index (χ1n) is 8.39. The van der Waals surface area contributed by atoms with Crippen molar-refractivity contribution in [3.05, 3.63) is 77.4 Å². The predicted octanol–water partition coefficient (Wildman–Crippen LogP) is 3.75. The number of nitrogens with zero attached hydrogens (tertiary/aromatic N) is 2. The number of hydrogen-bond donors (Lipinski definition) is 1. The Morgan fingerprint density at radius 1 is 1.11 bits per heavy atom. The normalized spacial score (nSPS) is 10.5. The van der Waals surface area contributed by atoms with E-state index in [1.807, 2.05) is 0 Å². The molecule has 0 aliphatic rings. The van der Waals surface area contributed by atoms with Gasteiger partial charge in [-0.1, -0.05) is 0 Å². The maximum atomic E-state index is 13.1. The number of hydrogen-bond acceptors (Lipinski definition) is 4. The number of aromatic nitrogens is 2. The van der Waals surface area contributed by atoms with Crippen LogP contribution in [0, 0.1) is 12.7 Å². The van der Waals surface area contributed by atoms with E-state index < -0.39 is 5.97 Å². The topological polar surface area (TPSA) is 73.2 Å². The van der Waals surface area contributed by atoms with E-state index in [9.17, 15) is 14.0 Å². The molecule has 3 aromatic rings. The maximum Gasteiger partial charge on any atom is 0.338 e. The van der Waals surface area contributed by atoms with E-state index in [1.54, 1.807) is 61.0 Å². The van der Waals surface area contributed by atoms with E-state index >= 15 is 0 Å². The molecule has 0 radical (unpaired) electrons. The third kappa shape index (κ3) is 4.20. The Bertz CT molecular complexity index is 963. The van der Waals surface area contributed by atoms with Gasteiger partial charge in [0.25, 0.3) is 5.91 Å². The van der Waals surface area contributed by atoms with Gasteiger partial charge in [0.1, 0.15) is 5.82 Å². The highest BCUT2D eigenvalue weighted by Gasteiger charge is 2.14. The second-order valence-corrected chi connectivity index (χ2v) is 5.81. The number of ether oxygens (including phenoxy) is 1. The highest BCUT2D eigenvalue weighted by Crippen LogP contribution is 2.15. The Morgan fingerprint density at radius 2 is 1.78 bits per heavy atom. The fourth-order valence-corrected chi connectivity index (χ4v) is 2.53. The Morgan fingerprint density at radius 3 is 2.41 bits per heavy atom. The van der Waals surface area contributed by atoms with Crippen molar-refractivity contribution in [2.45, 2.75) is 13.8 Å². The van der Waals surface area contributed by atoms with Gasteiger partial charge in [-0.15, -0.1) is 0 Å². The Hall–Kier alpha value is -3.48. The number of amides is 1. The number of anilines is 1. The third-order valence-electron chi connectivity index (χ3n) is 3.85. The first-order chi connectivity index (χ1) is 13.0. The predicted molar refractivity (Wildman–Crippen MR) is 98.6 cm³/mol. The number of benzene rings is 2. The quantitative estimate of drug-likeness (QED) is 0.697. The third-order valence-corrected chi connectivity index (χ3v) is 3.85. The van der Waals surface area contributed by atoms with Gasteiger partial charge in [0.15, 0.2) is 5.69 Å². The average molecular weight is 367 g/mol. The smallest absolute Gasteiger partial charge is 0.338 e. The van der Waals surface area contributed by atoms with Crippen LogP contribution in [0.2, 0.25) is 0 Å². The molecule has 0 bridgehead atoms. The highest BCUT2D eigenvalue weighted by molar-refractivity contribution is 6.03. The van der Waals surface area contributed by atoms with Crippen LogP contribution in [0.25, 0.3) is 5.69 Å². The van der Waals surface area contributed by atoms with Gasteiger partial charge in [0.2, 0.25) is 0 Å². The zero-order chi connectivity index (χ0) is 19.4. The molecule has 7 heteroatoms. The lowest BCUT2D eigenvalue weighted by Crippen LogP contribution is -2.13. The number of halogens is 1. The average Bonchev–Trinajstić information content (AvgIpc) is 3.05. The van der Waals surface area contributed by atoms with Gasteiger partial charge in [-0.3, -0.25) is 4.79 Å². The molecule has 0 fully saturated rings. The lowest BCUT2D eigenvalue weighted by Gasteiger charge is -2.05.